The van der Waals surface area contributed by atoms with Crippen molar-refractivity contribution in [2.45, 2.75) is 29.4 Å². The van der Waals surface area contributed by atoms with Crippen LogP contribution < -0.4 is 4.72 Å². The number of carbonyl (C=O) groups excluding carboxylic acids is 1. The Morgan fingerprint density at radius 2 is 1.81 bits per heavy atom. The predicted molar refractivity (Wildman–Crippen MR) is 128 cm³/mol. The number of hydrogen-bond acceptors (Lipinski definition) is 6. The van der Waals surface area contributed by atoms with Gasteiger partial charge in [0.05, 0.1) is 10.6 Å². The van der Waals surface area contributed by atoms with Crippen LogP contribution in [0.2, 0.25) is 10.0 Å². The number of aryl methyl sites for hydroxylation is 2. The number of hydrogen-bond donors (Lipinski definition) is 2. The molecule has 2 aromatic carbocycles. The maximum Gasteiger partial charge on any atom is 0.378 e. The van der Waals surface area contributed by atoms with Crippen LogP contribution in [0.1, 0.15) is 26.4 Å². The number of ketones is 1. The second-order valence-corrected chi connectivity index (χ2v) is 11.7. The summed E-state index contributed by atoms with van der Waals surface area (Å²) in [6.45, 7) is 3.30. The number of thioether (sulfide) groups is 1. The van der Waals surface area contributed by atoms with Crippen molar-refractivity contribution in [1.82, 2.24) is 0 Å². The van der Waals surface area contributed by atoms with Crippen molar-refractivity contribution >= 4 is 73.8 Å². The van der Waals surface area contributed by atoms with E-state index in [1.807, 2.05) is 6.07 Å². The van der Waals surface area contributed by atoms with E-state index in [0.717, 1.165) is 21.8 Å². The minimum Gasteiger partial charge on any atom is -0.475 e. The third kappa shape index (κ3) is 4.04. The number of halogens is 2. The molecule has 6 nitrogen and oxygen atoms in total. The number of sulfonamides is 1. The lowest BCUT2D eigenvalue weighted by molar-refractivity contribution is -0.131. The molecule has 0 fully saturated rings. The summed E-state index contributed by atoms with van der Waals surface area (Å²) >= 11 is 14.6. The summed E-state index contributed by atoms with van der Waals surface area (Å²) in [4.78, 5) is 25.3. The molecule has 0 spiro atoms. The smallest absolute Gasteiger partial charge is 0.378 e. The average molecular weight is 528 g/mol. The van der Waals surface area contributed by atoms with Crippen LogP contribution in [0.25, 0.3) is 10.4 Å². The van der Waals surface area contributed by atoms with Crippen molar-refractivity contribution in [2.75, 3.05) is 4.72 Å². The fourth-order valence-electron chi connectivity index (χ4n) is 3.37. The number of benzene rings is 2. The lowest BCUT2D eigenvalue weighted by Gasteiger charge is -2.18. The number of carboxylic acid groups (broad SMARTS) is 1. The summed E-state index contributed by atoms with van der Waals surface area (Å²) in [6.07, 6.45) is 0. The van der Waals surface area contributed by atoms with Gasteiger partial charge in [0.1, 0.15) is 4.88 Å². The minimum absolute atomic E-state index is 0.0000175. The number of rotatable bonds is 5. The number of anilines is 1. The highest BCUT2D eigenvalue weighted by Gasteiger charge is 2.33. The second-order valence-electron chi connectivity index (χ2n) is 7.15. The summed E-state index contributed by atoms with van der Waals surface area (Å²) in [5, 5.41) is 10.2. The Labute approximate surface area is 202 Å². The summed E-state index contributed by atoms with van der Waals surface area (Å²) < 4.78 is 29.0. The number of nitrogens with one attached hydrogen (secondary N) is 1. The van der Waals surface area contributed by atoms with E-state index >= 15 is 0 Å². The van der Waals surface area contributed by atoms with Gasteiger partial charge < -0.3 is 5.11 Å². The van der Waals surface area contributed by atoms with Gasteiger partial charge in [-0.3, -0.25) is 9.52 Å². The molecule has 0 saturated heterocycles. The van der Waals surface area contributed by atoms with Crippen LogP contribution in [0.15, 0.2) is 40.1 Å². The zero-order valence-electron chi connectivity index (χ0n) is 16.7. The number of Topliss-reactive ketones (excluding diaryl/α,β-unsaturated/α-hetero) is 1. The summed E-state index contributed by atoms with van der Waals surface area (Å²) in [5.41, 5.74) is 2.27. The van der Waals surface area contributed by atoms with E-state index < -0.39 is 21.8 Å². The van der Waals surface area contributed by atoms with E-state index in [9.17, 15) is 23.1 Å². The Hall–Kier alpha value is -2.04. The molecule has 2 heterocycles. The van der Waals surface area contributed by atoms with Gasteiger partial charge in [0, 0.05) is 36.7 Å². The van der Waals surface area contributed by atoms with E-state index in [1.54, 1.807) is 32.0 Å². The molecule has 1 aliphatic heterocycles. The average Bonchev–Trinajstić information content (AvgIpc) is 3.08. The SMILES string of the molecule is Cc1cc(S(=O)(=O)Nc2c(C(=O)C(=O)O)sc3c2CSc2ccc(Cl)cc2-3)c(C)cc1Cl. The van der Waals surface area contributed by atoms with Gasteiger partial charge in [-0.15, -0.1) is 23.1 Å². The largest absolute Gasteiger partial charge is 0.475 e. The van der Waals surface area contributed by atoms with Gasteiger partial charge in [0.15, 0.2) is 0 Å². The number of fused-ring (bicyclic) bond motifs is 3. The van der Waals surface area contributed by atoms with Gasteiger partial charge in [-0.2, -0.15) is 0 Å². The van der Waals surface area contributed by atoms with Gasteiger partial charge in [0.2, 0.25) is 0 Å². The molecule has 0 radical (unpaired) electrons. The first-order valence-corrected chi connectivity index (χ1v) is 13.2. The van der Waals surface area contributed by atoms with E-state index in [-0.39, 0.29) is 15.5 Å². The lowest BCUT2D eigenvalue weighted by atomic mass is 10.1. The highest BCUT2D eigenvalue weighted by Crippen LogP contribution is 2.51. The number of carboxylic acids is 1. The van der Waals surface area contributed by atoms with Crippen molar-refractivity contribution in [3.63, 3.8) is 0 Å². The quantitative estimate of drug-likeness (QED) is 0.311. The molecule has 1 aromatic heterocycles. The van der Waals surface area contributed by atoms with Crippen molar-refractivity contribution in [1.29, 1.82) is 0 Å². The molecule has 0 atom stereocenters. The molecule has 0 saturated carbocycles. The first-order chi connectivity index (χ1) is 15.0. The fraction of sp³-hybridized carbons (Fsp3) is 0.143. The molecule has 4 rings (SSSR count). The first kappa shape index (κ1) is 23.1. The molecular formula is C21H15Cl2NO5S3. The minimum atomic E-state index is -4.14. The van der Waals surface area contributed by atoms with E-state index in [4.69, 9.17) is 23.2 Å². The third-order valence-corrected chi connectivity index (χ3v) is 9.45. The summed E-state index contributed by atoms with van der Waals surface area (Å²) in [6, 6.07) is 8.30. The zero-order valence-corrected chi connectivity index (χ0v) is 20.6. The summed E-state index contributed by atoms with van der Waals surface area (Å²) in [5.74, 6) is -2.48. The third-order valence-electron chi connectivity index (χ3n) is 4.95. The molecule has 1 aliphatic rings. The molecule has 3 aromatic rings. The van der Waals surface area contributed by atoms with Crippen LogP contribution >= 0.6 is 46.3 Å². The Morgan fingerprint density at radius 1 is 1.09 bits per heavy atom. The predicted octanol–water partition coefficient (Wildman–Crippen LogP) is 6.01. The van der Waals surface area contributed by atoms with Crippen LogP contribution in [0.5, 0.6) is 0 Å². The van der Waals surface area contributed by atoms with E-state index in [2.05, 4.69) is 4.72 Å². The molecule has 0 unspecified atom stereocenters. The van der Waals surface area contributed by atoms with Crippen LogP contribution in [0.4, 0.5) is 5.69 Å². The van der Waals surface area contributed by atoms with E-state index in [0.29, 0.717) is 37.4 Å². The molecule has 2 N–H and O–H groups in total. The highest BCUT2D eigenvalue weighted by molar-refractivity contribution is 7.98. The van der Waals surface area contributed by atoms with Crippen molar-refractivity contribution in [3.05, 3.63) is 61.9 Å². The second kappa shape index (κ2) is 8.39. The van der Waals surface area contributed by atoms with Gasteiger partial charge >= 0.3 is 5.97 Å². The molecule has 0 aliphatic carbocycles. The topological polar surface area (TPSA) is 101 Å². The van der Waals surface area contributed by atoms with Crippen LogP contribution in [0, 0.1) is 13.8 Å². The lowest BCUT2D eigenvalue weighted by Crippen LogP contribution is -2.19. The first-order valence-electron chi connectivity index (χ1n) is 9.15. The van der Waals surface area contributed by atoms with Crippen molar-refractivity contribution in [3.8, 4) is 10.4 Å². The fourth-order valence-corrected chi connectivity index (χ4v) is 7.71. The number of thiophene rings is 1. The van der Waals surface area contributed by atoms with Gasteiger partial charge in [0.25, 0.3) is 15.8 Å². The highest BCUT2D eigenvalue weighted by atomic mass is 35.5. The van der Waals surface area contributed by atoms with Crippen LogP contribution in [0.3, 0.4) is 0 Å². The van der Waals surface area contributed by atoms with Gasteiger partial charge in [-0.1, -0.05) is 23.2 Å². The van der Waals surface area contributed by atoms with Crippen molar-refractivity contribution < 1.29 is 23.1 Å². The Bertz CT molecular complexity index is 1410. The standard InChI is InChI=1S/C21H15Cl2NO5S3/c1-9-6-16(10(2)5-14(9)23)32(28,29)24-17-13-8-30-15-4-3-11(22)7-12(15)19(13)31-20(17)18(25)21(26)27/h3-7,24H,8H2,1-2H3,(H,26,27). The monoisotopic (exact) mass is 527 g/mol. The maximum atomic E-state index is 13.3. The molecule has 0 bridgehead atoms. The number of aliphatic carboxylic acids is 1. The van der Waals surface area contributed by atoms with Crippen LogP contribution in [-0.4, -0.2) is 25.3 Å². The number of carbonyl (C=O) groups is 2. The zero-order chi connectivity index (χ0) is 23.4. The molecule has 0 amide bonds. The molecule has 11 heteroatoms. The molecule has 166 valence electrons. The Balaban J connectivity index is 1.90. The van der Waals surface area contributed by atoms with E-state index in [1.165, 1.54) is 17.8 Å². The Kier molecular flexibility index (Phi) is 6.06. The molecular weight excluding hydrogens is 513 g/mol. The molecule has 32 heavy (non-hydrogen) atoms. The van der Waals surface area contributed by atoms with Gasteiger partial charge in [-0.05, 0) is 55.3 Å². The maximum absolute atomic E-state index is 13.3. The van der Waals surface area contributed by atoms with Gasteiger partial charge in [-0.25, -0.2) is 13.2 Å². The normalized spacial score (nSPS) is 12.8. The summed E-state index contributed by atoms with van der Waals surface area (Å²) in [7, 11) is -4.14. The van der Waals surface area contributed by atoms with Crippen molar-refractivity contribution in [2.24, 2.45) is 0 Å². The Morgan fingerprint density at radius 3 is 2.50 bits per heavy atom. The van der Waals surface area contributed by atoms with Crippen LogP contribution in [-0.2, 0) is 20.6 Å².